The molecule has 8 heteroatoms. The highest BCUT2D eigenvalue weighted by Crippen LogP contribution is 2.44. The van der Waals surface area contributed by atoms with Crippen molar-refractivity contribution in [1.29, 1.82) is 0 Å². The molecule has 0 amide bonds. The van der Waals surface area contributed by atoms with Gasteiger partial charge in [-0.05, 0) is 40.0 Å². The molecule has 1 aliphatic heterocycles. The molecule has 148 valence electrons. The van der Waals surface area contributed by atoms with E-state index in [1.54, 1.807) is 18.4 Å². The van der Waals surface area contributed by atoms with Gasteiger partial charge in [0.2, 0.25) is 18.4 Å². The lowest BCUT2D eigenvalue weighted by atomic mass is 10.2. The Hall–Kier alpha value is -2.58. The maximum atomic E-state index is 5.95. The number of aryl methyl sites for hydroxylation is 2. The maximum Gasteiger partial charge on any atom is 0.231 e. The second-order valence-corrected chi connectivity index (χ2v) is 7.74. The first-order valence-electron chi connectivity index (χ1n) is 9.03. The Morgan fingerprint density at radius 3 is 2.79 bits per heavy atom. The standard InChI is InChI=1S/C20H23N3O4S/c1-11-9-28-20(21-11)12(2)23(4)8-15-13(3)27-19(22-15)14-6-16(24-5)18-17(7-14)25-10-26-18/h6-7,9,12H,8,10H2,1-5H3/t12-/m1/s1. The molecule has 1 aromatic carbocycles. The summed E-state index contributed by atoms with van der Waals surface area (Å²) < 4.78 is 22.3. The Labute approximate surface area is 167 Å². The van der Waals surface area contributed by atoms with Crippen LogP contribution in [0.5, 0.6) is 17.2 Å². The Morgan fingerprint density at radius 2 is 2.07 bits per heavy atom. The fraction of sp³-hybridized carbons (Fsp3) is 0.400. The first-order valence-corrected chi connectivity index (χ1v) is 9.90. The molecule has 0 saturated carbocycles. The molecule has 1 aliphatic rings. The predicted octanol–water partition coefficient (Wildman–Crippen LogP) is 4.35. The minimum absolute atomic E-state index is 0.184. The minimum atomic E-state index is 0.184. The molecule has 3 aromatic rings. The van der Waals surface area contributed by atoms with Crippen molar-refractivity contribution < 1.29 is 18.6 Å². The highest BCUT2D eigenvalue weighted by molar-refractivity contribution is 7.09. The Kier molecular flexibility index (Phi) is 4.99. The average Bonchev–Trinajstić information content (AvgIpc) is 3.40. The summed E-state index contributed by atoms with van der Waals surface area (Å²) in [4.78, 5) is 11.5. The summed E-state index contributed by atoms with van der Waals surface area (Å²) in [5.41, 5.74) is 2.74. The van der Waals surface area contributed by atoms with Gasteiger partial charge in [-0.1, -0.05) is 0 Å². The number of fused-ring (bicyclic) bond motifs is 1. The van der Waals surface area contributed by atoms with E-state index in [9.17, 15) is 0 Å². The van der Waals surface area contributed by atoms with E-state index in [2.05, 4.69) is 29.2 Å². The number of ether oxygens (including phenoxy) is 3. The van der Waals surface area contributed by atoms with E-state index < -0.39 is 0 Å². The zero-order valence-electron chi connectivity index (χ0n) is 16.6. The Bertz CT molecular complexity index is 997. The SMILES string of the molecule is COc1cc(-c2nc(CN(C)[C@H](C)c3nc(C)cs3)c(C)o2)cc2c1OCO2. The number of hydrogen-bond acceptors (Lipinski definition) is 8. The molecule has 4 rings (SSSR count). The van der Waals surface area contributed by atoms with E-state index in [0.717, 1.165) is 27.7 Å². The average molecular weight is 401 g/mol. The highest BCUT2D eigenvalue weighted by Gasteiger charge is 2.24. The first-order chi connectivity index (χ1) is 13.5. The molecule has 2 aromatic heterocycles. The van der Waals surface area contributed by atoms with Crippen molar-refractivity contribution in [3.8, 4) is 28.7 Å². The second kappa shape index (κ2) is 7.44. The third kappa shape index (κ3) is 3.45. The molecule has 0 radical (unpaired) electrons. The Morgan fingerprint density at radius 1 is 1.25 bits per heavy atom. The first kappa shape index (κ1) is 18.8. The van der Waals surface area contributed by atoms with Crippen LogP contribution in [0.1, 0.15) is 35.1 Å². The van der Waals surface area contributed by atoms with Crippen molar-refractivity contribution in [2.45, 2.75) is 33.4 Å². The van der Waals surface area contributed by atoms with Crippen LogP contribution >= 0.6 is 11.3 Å². The molecule has 0 fully saturated rings. The minimum Gasteiger partial charge on any atom is -0.493 e. The van der Waals surface area contributed by atoms with Gasteiger partial charge in [-0.15, -0.1) is 11.3 Å². The fourth-order valence-electron chi connectivity index (χ4n) is 3.08. The molecule has 0 bridgehead atoms. The maximum absolute atomic E-state index is 5.95. The molecule has 0 unspecified atom stereocenters. The van der Waals surface area contributed by atoms with Crippen LogP contribution in [-0.4, -0.2) is 35.8 Å². The van der Waals surface area contributed by atoms with Gasteiger partial charge in [-0.3, -0.25) is 4.90 Å². The van der Waals surface area contributed by atoms with Crippen LogP contribution in [0.15, 0.2) is 21.9 Å². The molecule has 0 spiro atoms. The number of thiazole rings is 1. The van der Waals surface area contributed by atoms with Crippen molar-refractivity contribution in [3.05, 3.63) is 39.7 Å². The zero-order chi connectivity index (χ0) is 19.8. The van der Waals surface area contributed by atoms with Gasteiger partial charge in [0.25, 0.3) is 0 Å². The normalized spacial score (nSPS) is 13.9. The summed E-state index contributed by atoms with van der Waals surface area (Å²) in [6, 6.07) is 3.92. The molecule has 1 atom stereocenters. The molecular weight excluding hydrogens is 378 g/mol. The van der Waals surface area contributed by atoms with E-state index in [-0.39, 0.29) is 12.8 Å². The van der Waals surface area contributed by atoms with Crippen molar-refractivity contribution in [2.24, 2.45) is 0 Å². The van der Waals surface area contributed by atoms with Gasteiger partial charge in [-0.2, -0.15) is 0 Å². The third-order valence-corrected chi connectivity index (χ3v) is 5.99. The van der Waals surface area contributed by atoms with Crippen molar-refractivity contribution >= 4 is 11.3 Å². The summed E-state index contributed by atoms with van der Waals surface area (Å²) in [7, 11) is 3.67. The second-order valence-electron chi connectivity index (χ2n) is 6.85. The fourth-order valence-corrected chi connectivity index (χ4v) is 3.99. The van der Waals surface area contributed by atoms with Crippen LogP contribution in [-0.2, 0) is 6.54 Å². The third-order valence-electron chi connectivity index (χ3n) is 4.85. The van der Waals surface area contributed by atoms with Gasteiger partial charge in [0.1, 0.15) is 10.8 Å². The number of aromatic nitrogens is 2. The molecule has 3 heterocycles. The van der Waals surface area contributed by atoms with Crippen LogP contribution in [0, 0.1) is 13.8 Å². The summed E-state index contributed by atoms with van der Waals surface area (Å²) in [6.45, 7) is 6.94. The molecule has 28 heavy (non-hydrogen) atoms. The summed E-state index contributed by atoms with van der Waals surface area (Å²) in [5.74, 6) is 3.18. The number of rotatable bonds is 6. The van der Waals surface area contributed by atoms with Crippen LogP contribution in [0.25, 0.3) is 11.5 Å². The van der Waals surface area contributed by atoms with Gasteiger partial charge in [0, 0.05) is 23.2 Å². The molecule has 7 nitrogen and oxygen atoms in total. The van der Waals surface area contributed by atoms with E-state index in [4.69, 9.17) is 23.6 Å². The largest absolute Gasteiger partial charge is 0.493 e. The summed E-state index contributed by atoms with van der Waals surface area (Å²) in [6.07, 6.45) is 0. The summed E-state index contributed by atoms with van der Waals surface area (Å²) >= 11 is 1.68. The van der Waals surface area contributed by atoms with Crippen LogP contribution in [0.2, 0.25) is 0 Å². The van der Waals surface area contributed by atoms with Crippen LogP contribution in [0.4, 0.5) is 0 Å². The van der Waals surface area contributed by atoms with Gasteiger partial charge >= 0.3 is 0 Å². The quantitative estimate of drug-likeness (QED) is 0.608. The van der Waals surface area contributed by atoms with Crippen LogP contribution in [0.3, 0.4) is 0 Å². The monoisotopic (exact) mass is 401 g/mol. The van der Waals surface area contributed by atoms with E-state index in [1.165, 1.54) is 0 Å². The van der Waals surface area contributed by atoms with Crippen molar-refractivity contribution in [3.63, 3.8) is 0 Å². The number of hydrogen-bond donors (Lipinski definition) is 0. The highest BCUT2D eigenvalue weighted by atomic mass is 32.1. The van der Waals surface area contributed by atoms with E-state index in [0.29, 0.717) is 29.7 Å². The number of nitrogens with zero attached hydrogens (tertiary/aromatic N) is 3. The zero-order valence-corrected chi connectivity index (χ0v) is 17.4. The Balaban J connectivity index is 1.57. The predicted molar refractivity (Wildman–Crippen MR) is 106 cm³/mol. The van der Waals surface area contributed by atoms with Gasteiger partial charge in [0.05, 0.1) is 18.8 Å². The van der Waals surface area contributed by atoms with Gasteiger partial charge in [0.15, 0.2) is 11.5 Å². The smallest absolute Gasteiger partial charge is 0.231 e. The lowest BCUT2D eigenvalue weighted by molar-refractivity contribution is 0.171. The topological polar surface area (TPSA) is 69.9 Å². The van der Waals surface area contributed by atoms with Crippen LogP contribution < -0.4 is 14.2 Å². The van der Waals surface area contributed by atoms with Crippen molar-refractivity contribution in [1.82, 2.24) is 14.9 Å². The molecule has 0 aliphatic carbocycles. The van der Waals surface area contributed by atoms with E-state index >= 15 is 0 Å². The molecule has 0 N–H and O–H groups in total. The van der Waals surface area contributed by atoms with Gasteiger partial charge < -0.3 is 18.6 Å². The lowest BCUT2D eigenvalue weighted by Crippen LogP contribution is -2.22. The lowest BCUT2D eigenvalue weighted by Gasteiger charge is -2.21. The number of oxazole rings is 1. The molecule has 0 saturated heterocycles. The molecular formula is C20H23N3O4S. The van der Waals surface area contributed by atoms with Gasteiger partial charge in [-0.25, -0.2) is 9.97 Å². The number of benzene rings is 1. The summed E-state index contributed by atoms with van der Waals surface area (Å²) in [5, 5.41) is 3.17. The van der Waals surface area contributed by atoms with E-state index in [1.807, 2.05) is 26.0 Å². The van der Waals surface area contributed by atoms with Crippen molar-refractivity contribution in [2.75, 3.05) is 21.0 Å². The number of methoxy groups -OCH3 is 1.